The third kappa shape index (κ3) is 2.14. The number of halogens is 1. The minimum Gasteiger partial charge on any atom is -0.357 e. The molecular formula is C13H13ClN6. The van der Waals surface area contributed by atoms with Gasteiger partial charge in [-0.25, -0.2) is 4.98 Å². The van der Waals surface area contributed by atoms with Crippen molar-refractivity contribution in [2.75, 3.05) is 17.7 Å². The number of fused-ring (bicyclic) bond motifs is 1. The van der Waals surface area contributed by atoms with Crippen LogP contribution in [0.15, 0.2) is 30.6 Å². The lowest BCUT2D eigenvalue weighted by Crippen LogP contribution is -2.00. The second-order valence-electron chi connectivity index (χ2n) is 4.35. The predicted molar refractivity (Wildman–Crippen MR) is 79.8 cm³/mol. The van der Waals surface area contributed by atoms with Crippen molar-refractivity contribution >= 4 is 34.7 Å². The number of hydrogen-bond acceptors (Lipinski definition) is 5. The van der Waals surface area contributed by atoms with Crippen molar-refractivity contribution in [1.29, 1.82) is 0 Å². The number of nitrogens with zero attached hydrogens (tertiary/aromatic N) is 4. The maximum absolute atomic E-state index is 6.18. The molecule has 0 unspecified atom stereocenters. The highest BCUT2D eigenvalue weighted by atomic mass is 35.5. The van der Waals surface area contributed by atoms with Gasteiger partial charge in [-0.05, 0) is 24.6 Å². The van der Waals surface area contributed by atoms with Crippen molar-refractivity contribution < 1.29 is 0 Å². The molecule has 0 aliphatic rings. The number of nitrogens with one attached hydrogen (secondary N) is 2. The first-order valence-corrected chi connectivity index (χ1v) is 6.47. The van der Waals surface area contributed by atoms with Crippen molar-refractivity contribution in [3.63, 3.8) is 0 Å². The van der Waals surface area contributed by atoms with Crippen molar-refractivity contribution in [2.24, 2.45) is 0 Å². The maximum Gasteiger partial charge on any atom is 0.228 e. The first-order chi connectivity index (χ1) is 9.69. The Morgan fingerprint density at radius 3 is 2.90 bits per heavy atom. The van der Waals surface area contributed by atoms with E-state index in [1.54, 1.807) is 19.4 Å². The van der Waals surface area contributed by atoms with E-state index in [2.05, 4.69) is 25.8 Å². The SMILES string of the molecule is CNc1nnc2c(Nc3cc(C)ccc3Cl)nccn12. The van der Waals surface area contributed by atoms with Crippen LogP contribution in [0.5, 0.6) is 0 Å². The smallest absolute Gasteiger partial charge is 0.228 e. The quantitative estimate of drug-likeness (QED) is 0.776. The second kappa shape index (κ2) is 4.97. The topological polar surface area (TPSA) is 67.1 Å². The van der Waals surface area contributed by atoms with E-state index in [0.717, 1.165) is 11.3 Å². The lowest BCUT2D eigenvalue weighted by molar-refractivity contribution is 1.09. The van der Waals surface area contributed by atoms with E-state index in [1.807, 2.05) is 29.5 Å². The number of aryl methyl sites for hydroxylation is 1. The van der Waals surface area contributed by atoms with Gasteiger partial charge in [0, 0.05) is 19.4 Å². The van der Waals surface area contributed by atoms with Crippen LogP contribution in [0, 0.1) is 6.92 Å². The van der Waals surface area contributed by atoms with Crippen LogP contribution < -0.4 is 10.6 Å². The molecule has 3 rings (SSSR count). The molecule has 0 atom stereocenters. The number of aromatic nitrogens is 4. The third-order valence-corrected chi connectivity index (χ3v) is 3.26. The van der Waals surface area contributed by atoms with Crippen LogP contribution >= 0.6 is 11.6 Å². The monoisotopic (exact) mass is 288 g/mol. The minimum absolute atomic E-state index is 0.606. The van der Waals surface area contributed by atoms with Gasteiger partial charge in [-0.2, -0.15) is 0 Å². The molecule has 2 heterocycles. The molecule has 0 amide bonds. The first kappa shape index (κ1) is 12.7. The van der Waals surface area contributed by atoms with Crippen LogP contribution in [0.4, 0.5) is 17.5 Å². The molecule has 20 heavy (non-hydrogen) atoms. The molecular weight excluding hydrogens is 276 g/mol. The second-order valence-corrected chi connectivity index (χ2v) is 4.76. The van der Waals surface area contributed by atoms with Crippen molar-refractivity contribution in [2.45, 2.75) is 6.92 Å². The number of hydrogen-bond donors (Lipinski definition) is 2. The van der Waals surface area contributed by atoms with Crippen LogP contribution in [0.2, 0.25) is 5.02 Å². The highest BCUT2D eigenvalue weighted by molar-refractivity contribution is 6.33. The fourth-order valence-corrected chi connectivity index (χ4v) is 2.11. The van der Waals surface area contributed by atoms with Gasteiger partial charge in [-0.15, -0.1) is 10.2 Å². The van der Waals surface area contributed by atoms with Gasteiger partial charge in [-0.3, -0.25) is 4.40 Å². The molecule has 0 aliphatic heterocycles. The third-order valence-electron chi connectivity index (χ3n) is 2.93. The van der Waals surface area contributed by atoms with Gasteiger partial charge in [0.05, 0.1) is 10.7 Å². The Balaban J connectivity index is 2.06. The molecule has 6 nitrogen and oxygen atoms in total. The highest BCUT2D eigenvalue weighted by Gasteiger charge is 2.10. The fourth-order valence-electron chi connectivity index (χ4n) is 1.95. The van der Waals surface area contributed by atoms with Gasteiger partial charge >= 0.3 is 0 Å². The number of anilines is 3. The normalized spacial score (nSPS) is 10.8. The zero-order valence-electron chi connectivity index (χ0n) is 11.1. The molecule has 0 aliphatic carbocycles. The predicted octanol–water partition coefficient (Wildman–Crippen LogP) is 2.87. The summed E-state index contributed by atoms with van der Waals surface area (Å²) >= 11 is 6.18. The molecule has 2 N–H and O–H groups in total. The molecule has 3 aromatic rings. The van der Waals surface area contributed by atoms with E-state index >= 15 is 0 Å². The van der Waals surface area contributed by atoms with Crippen LogP contribution in [-0.2, 0) is 0 Å². The molecule has 1 aromatic carbocycles. The van der Waals surface area contributed by atoms with Gasteiger partial charge in [0.2, 0.25) is 11.6 Å². The molecule has 0 saturated heterocycles. The maximum atomic E-state index is 6.18. The van der Waals surface area contributed by atoms with Gasteiger partial charge in [0.25, 0.3) is 0 Å². The van der Waals surface area contributed by atoms with Gasteiger partial charge < -0.3 is 10.6 Å². The Kier molecular flexibility index (Phi) is 3.15. The summed E-state index contributed by atoms with van der Waals surface area (Å²) in [5.41, 5.74) is 2.54. The van der Waals surface area contributed by atoms with E-state index < -0.39 is 0 Å². The Morgan fingerprint density at radius 2 is 2.10 bits per heavy atom. The summed E-state index contributed by atoms with van der Waals surface area (Å²) in [6.45, 7) is 2.01. The zero-order chi connectivity index (χ0) is 14.1. The summed E-state index contributed by atoms with van der Waals surface area (Å²) in [5.74, 6) is 1.26. The minimum atomic E-state index is 0.606. The summed E-state index contributed by atoms with van der Waals surface area (Å²) in [5, 5.41) is 15.0. The lowest BCUT2D eigenvalue weighted by atomic mass is 10.2. The Labute approximate surface area is 120 Å². The van der Waals surface area contributed by atoms with Crippen molar-refractivity contribution in [3.05, 3.63) is 41.2 Å². The zero-order valence-corrected chi connectivity index (χ0v) is 11.8. The van der Waals surface area contributed by atoms with Gasteiger partial charge in [0.1, 0.15) is 0 Å². The van der Waals surface area contributed by atoms with E-state index in [1.165, 1.54) is 0 Å². The van der Waals surface area contributed by atoms with E-state index in [-0.39, 0.29) is 0 Å². The average Bonchev–Trinajstić information content (AvgIpc) is 2.87. The summed E-state index contributed by atoms with van der Waals surface area (Å²) in [6.07, 6.45) is 3.48. The Hall–Kier alpha value is -2.34. The molecule has 0 radical (unpaired) electrons. The molecule has 0 saturated carbocycles. The largest absolute Gasteiger partial charge is 0.357 e. The summed E-state index contributed by atoms with van der Waals surface area (Å²) < 4.78 is 1.82. The van der Waals surface area contributed by atoms with E-state index in [0.29, 0.717) is 22.4 Å². The summed E-state index contributed by atoms with van der Waals surface area (Å²) in [4.78, 5) is 4.30. The van der Waals surface area contributed by atoms with E-state index in [9.17, 15) is 0 Å². The molecule has 7 heteroatoms. The van der Waals surface area contributed by atoms with Gasteiger partial charge in [0.15, 0.2) is 5.82 Å². The lowest BCUT2D eigenvalue weighted by Gasteiger charge is -2.09. The van der Waals surface area contributed by atoms with E-state index in [4.69, 9.17) is 11.6 Å². The Morgan fingerprint density at radius 1 is 1.25 bits per heavy atom. The van der Waals surface area contributed by atoms with Crippen LogP contribution in [0.1, 0.15) is 5.56 Å². The fraction of sp³-hybridized carbons (Fsp3) is 0.154. The number of rotatable bonds is 3. The molecule has 2 aromatic heterocycles. The molecule has 0 fully saturated rings. The summed E-state index contributed by atoms with van der Waals surface area (Å²) in [6, 6.07) is 5.77. The molecule has 0 bridgehead atoms. The molecule has 102 valence electrons. The average molecular weight is 289 g/mol. The highest BCUT2D eigenvalue weighted by Crippen LogP contribution is 2.27. The Bertz CT molecular complexity index is 767. The number of benzene rings is 1. The van der Waals surface area contributed by atoms with Crippen LogP contribution in [0.25, 0.3) is 5.65 Å². The van der Waals surface area contributed by atoms with Crippen molar-refractivity contribution in [1.82, 2.24) is 19.6 Å². The van der Waals surface area contributed by atoms with Crippen LogP contribution in [0.3, 0.4) is 0 Å². The van der Waals surface area contributed by atoms with Gasteiger partial charge in [-0.1, -0.05) is 17.7 Å². The van der Waals surface area contributed by atoms with Crippen molar-refractivity contribution in [3.8, 4) is 0 Å². The standard InChI is InChI=1S/C13H13ClN6/c1-8-3-4-9(14)10(7-8)17-11-12-18-19-13(15-2)20(12)6-5-16-11/h3-7H,1-2H3,(H,15,19)(H,16,17). The molecule has 0 spiro atoms. The summed E-state index contributed by atoms with van der Waals surface area (Å²) in [7, 11) is 1.79. The van der Waals surface area contributed by atoms with Crippen LogP contribution in [-0.4, -0.2) is 26.6 Å². The first-order valence-electron chi connectivity index (χ1n) is 6.09.